The number of aryl methyl sites for hydroxylation is 1. The Hall–Kier alpha value is -3.42. The van der Waals surface area contributed by atoms with Crippen LogP contribution in [-0.2, 0) is 17.6 Å². The van der Waals surface area contributed by atoms with Crippen LogP contribution in [0.25, 0.3) is 11.4 Å². The topological polar surface area (TPSA) is 74.8 Å². The standard InChI is InChI=1S/C22H18F3N3O2/c23-14-5-1-12(2-6-14)20-26-18-9-4-13(3-8-16(18)22(30)28-20)21(29)27-19-10-7-15(24)11-17(19)25/h1-2,5-7,10-11,13H,3-4,8-9H2,(H,27,29)(H,26,28,30). The number of carbonyl (C=O) groups is 1. The lowest BCUT2D eigenvalue weighted by Gasteiger charge is -2.14. The molecular weight excluding hydrogens is 395 g/mol. The number of rotatable bonds is 3. The molecule has 1 heterocycles. The SMILES string of the molecule is O=C(Nc1ccc(F)cc1F)C1CCc2nc(-c3ccc(F)cc3)[nH]c(=O)c2CC1. The van der Waals surface area contributed by atoms with Gasteiger partial charge in [-0.1, -0.05) is 0 Å². The van der Waals surface area contributed by atoms with Gasteiger partial charge in [0, 0.05) is 23.1 Å². The summed E-state index contributed by atoms with van der Waals surface area (Å²) < 4.78 is 40.0. The fourth-order valence-corrected chi connectivity index (χ4v) is 3.62. The van der Waals surface area contributed by atoms with E-state index in [0.29, 0.717) is 54.4 Å². The Labute approximate surface area is 170 Å². The minimum Gasteiger partial charge on any atom is -0.323 e. The minimum atomic E-state index is -0.845. The van der Waals surface area contributed by atoms with E-state index in [-0.39, 0.29) is 23.0 Å². The molecule has 0 bridgehead atoms. The first-order chi connectivity index (χ1) is 14.4. The number of fused-ring (bicyclic) bond motifs is 1. The summed E-state index contributed by atoms with van der Waals surface area (Å²) in [6.45, 7) is 0. The largest absolute Gasteiger partial charge is 0.323 e. The molecule has 1 aliphatic rings. The zero-order valence-corrected chi connectivity index (χ0v) is 15.8. The van der Waals surface area contributed by atoms with Crippen molar-refractivity contribution < 1.29 is 18.0 Å². The summed E-state index contributed by atoms with van der Waals surface area (Å²) in [4.78, 5) is 32.4. The second-order valence-electron chi connectivity index (χ2n) is 7.23. The Morgan fingerprint density at radius 1 is 1.00 bits per heavy atom. The Morgan fingerprint density at radius 3 is 2.43 bits per heavy atom. The number of amides is 1. The Morgan fingerprint density at radius 2 is 1.70 bits per heavy atom. The van der Waals surface area contributed by atoms with Crippen molar-refractivity contribution in [3.63, 3.8) is 0 Å². The molecule has 8 heteroatoms. The quantitative estimate of drug-likeness (QED) is 0.638. The number of H-pyrrole nitrogens is 1. The molecule has 0 aliphatic heterocycles. The number of anilines is 1. The van der Waals surface area contributed by atoms with E-state index in [2.05, 4.69) is 15.3 Å². The molecule has 1 atom stereocenters. The Kier molecular flexibility index (Phi) is 5.39. The average Bonchev–Trinajstić information content (AvgIpc) is 2.94. The van der Waals surface area contributed by atoms with Crippen LogP contribution in [0.1, 0.15) is 24.1 Å². The molecule has 1 unspecified atom stereocenters. The summed E-state index contributed by atoms with van der Waals surface area (Å²) in [6, 6.07) is 8.59. The van der Waals surface area contributed by atoms with Crippen LogP contribution in [-0.4, -0.2) is 15.9 Å². The van der Waals surface area contributed by atoms with Crippen LogP contribution in [0.4, 0.5) is 18.9 Å². The van der Waals surface area contributed by atoms with Gasteiger partial charge in [0.25, 0.3) is 5.56 Å². The molecule has 0 saturated heterocycles. The number of hydrogen-bond acceptors (Lipinski definition) is 3. The van der Waals surface area contributed by atoms with Crippen LogP contribution in [0, 0.1) is 23.4 Å². The third kappa shape index (κ3) is 4.12. The number of aromatic nitrogens is 2. The highest BCUT2D eigenvalue weighted by molar-refractivity contribution is 5.92. The van der Waals surface area contributed by atoms with Gasteiger partial charge >= 0.3 is 0 Å². The normalized spacial score (nSPS) is 15.9. The van der Waals surface area contributed by atoms with Crippen molar-refractivity contribution in [3.8, 4) is 11.4 Å². The van der Waals surface area contributed by atoms with Crippen molar-refractivity contribution in [1.29, 1.82) is 0 Å². The molecule has 0 fully saturated rings. The van der Waals surface area contributed by atoms with E-state index in [1.165, 1.54) is 30.3 Å². The lowest BCUT2D eigenvalue weighted by atomic mass is 9.98. The Balaban J connectivity index is 1.52. The number of aromatic amines is 1. The van der Waals surface area contributed by atoms with Gasteiger partial charge in [0.1, 0.15) is 23.3 Å². The van der Waals surface area contributed by atoms with Crippen LogP contribution in [0.5, 0.6) is 0 Å². The molecule has 0 spiro atoms. The van der Waals surface area contributed by atoms with E-state index in [1.54, 1.807) is 0 Å². The molecule has 1 amide bonds. The molecular formula is C22H18F3N3O2. The number of halogens is 3. The minimum absolute atomic E-state index is 0.0854. The average molecular weight is 413 g/mol. The van der Waals surface area contributed by atoms with Gasteiger partial charge in [-0.25, -0.2) is 18.2 Å². The summed E-state index contributed by atoms with van der Waals surface area (Å²) in [5, 5.41) is 2.50. The molecule has 4 rings (SSSR count). The maximum atomic E-state index is 13.8. The maximum Gasteiger partial charge on any atom is 0.254 e. The Bertz CT molecular complexity index is 1160. The summed E-state index contributed by atoms with van der Waals surface area (Å²) >= 11 is 0. The van der Waals surface area contributed by atoms with Gasteiger partial charge in [-0.15, -0.1) is 0 Å². The van der Waals surface area contributed by atoms with Crippen molar-refractivity contribution in [1.82, 2.24) is 9.97 Å². The van der Waals surface area contributed by atoms with Crippen molar-refractivity contribution in [3.05, 3.63) is 81.5 Å². The van der Waals surface area contributed by atoms with Crippen LogP contribution in [0.15, 0.2) is 47.3 Å². The van der Waals surface area contributed by atoms with E-state index >= 15 is 0 Å². The molecule has 0 saturated carbocycles. The highest BCUT2D eigenvalue weighted by atomic mass is 19.1. The molecule has 30 heavy (non-hydrogen) atoms. The lowest BCUT2D eigenvalue weighted by molar-refractivity contribution is -0.120. The predicted molar refractivity (Wildman–Crippen MR) is 105 cm³/mol. The van der Waals surface area contributed by atoms with Gasteiger partial charge in [0.2, 0.25) is 5.91 Å². The first-order valence-corrected chi connectivity index (χ1v) is 9.54. The first kappa shape index (κ1) is 19.9. The van der Waals surface area contributed by atoms with Gasteiger partial charge in [-0.05, 0) is 62.1 Å². The first-order valence-electron chi connectivity index (χ1n) is 9.54. The number of carbonyl (C=O) groups excluding carboxylic acids is 1. The van der Waals surface area contributed by atoms with E-state index in [0.717, 1.165) is 6.07 Å². The third-order valence-corrected chi connectivity index (χ3v) is 5.25. The molecule has 1 aromatic heterocycles. The molecule has 1 aliphatic carbocycles. The van der Waals surface area contributed by atoms with Crippen LogP contribution in [0.3, 0.4) is 0 Å². The molecule has 2 aromatic carbocycles. The zero-order chi connectivity index (χ0) is 21.3. The van der Waals surface area contributed by atoms with Crippen molar-refractivity contribution in [2.75, 3.05) is 5.32 Å². The van der Waals surface area contributed by atoms with E-state index in [1.807, 2.05) is 0 Å². The molecule has 0 radical (unpaired) electrons. The number of nitrogens with one attached hydrogen (secondary N) is 2. The van der Waals surface area contributed by atoms with Gasteiger partial charge < -0.3 is 10.3 Å². The lowest BCUT2D eigenvalue weighted by Crippen LogP contribution is -2.24. The summed E-state index contributed by atoms with van der Waals surface area (Å²) in [7, 11) is 0. The third-order valence-electron chi connectivity index (χ3n) is 5.25. The van der Waals surface area contributed by atoms with Gasteiger partial charge in [0.05, 0.1) is 11.4 Å². The monoisotopic (exact) mass is 413 g/mol. The number of nitrogens with zero attached hydrogens (tertiary/aromatic N) is 1. The summed E-state index contributed by atoms with van der Waals surface area (Å²) in [5.74, 6) is -2.45. The fraction of sp³-hybridized carbons (Fsp3) is 0.227. The van der Waals surface area contributed by atoms with Crippen LogP contribution in [0.2, 0.25) is 0 Å². The highest BCUT2D eigenvalue weighted by Crippen LogP contribution is 2.25. The number of benzene rings is 2. The smallest absolute Gasteiger partial charge is 0.254 e. The van der Waals surface area contributed by atoms with Crippen molar-refractivity contribution in [2.24, 2.45) is 5.92 Å². The van der Waals surface area contributed by atoms with Crippen LogP contribution < -0.4 is 10.9 Å². The number of hydrogen-bond donors (Lipinski definition) is 2. The highest BCUT2D eigenvalue weighted by Gasteiger charge is 2.26. The van der Waals surface area contributed by atoms with Gasteiger partial charge in [-0.2, -0.15) is 0 Å². The van der Waals surface area contributed by atoms with Gasteiger partial charge in [-0.3, -0.25) is 9.59 Å². The molecule has 5 nitrogen and oxygen atoms in total. The van der Waals surface area contributed by atoms with Gasteiger partial charge in [0.15, 0.2) is 0 Å². The summed E-state index contributed by atoms with van der Waals surface area (Å²) in [5.41, 5.74) is 1.33. The van der Waals surface area contributed by atoms with E-state index in [4.69, 9.17) is 0 Å². The zero-order valence-electron chi connectivity index (χ0n) is 15.8. The predicted octanol–water partition coefficient (Wildman–Crippen LogP) is 3.99. The molecule has 154 valence electrons. The van der Waals surface area contributed by atoms with Crippen molar-refractivity contribution in [2.45, 2.75) is 25.7 Å². The second-order valence-corrected chi connectivity index (χ2v) is 7.23. The summed E-state index contributed by atoms with van der Waals surface area (Å²) in [6.07, 6.45) is 1.59. The van der Waals surface area contributed by atoms with E-state index < -0.39 is 17.6 Å². The maximum absolute atomic E-state index is 13.8. The van der Waals surface area contributed by atoms with Crippen LogP contribution >= 0.6 is 0 Å². The van der Waals surface area contributed by atoms with Crippen molar-refractivity contribution >= 4 is 11.6 Å². The second kappa shape index (κ2) is 8.14. The van der Waals surface area contributed by atoms with E-state index in [9.17, 15) is 22.8 Å². The molecule has 2 N–H and O–H groups in total. The molecule has 3 aromatic rings. The fourth-order valence-electron chi connectivity index (χ4n) is 3.62.